The molecular formula is C18H16F2N2O. The molecule has 0 atom stereocenters. The molecule has 0 spiro atoms. The summed E-state index contributed by atoms with van der Waals surface area (Å²) < 4.78 is 28.7. The summed E-state index contributed by atoms with van der Waals surface area (Å²) in [5.41, 5.74) is 0.867. The van der Waals surface area contributed by atoms with Crippen molar-refractivity contribution in [2.75, 3.05) is 6.54 Å². The van der Waals surface area contributed by atoms with Crippen LogP contribution >= 0.6 is 0 Å². The average Bonchev–Trinajstić information content (AvgIpc) is 2.97. The monoisotopic (exact) mass is 314 g/mol. The van der Waals surface area contributed by atoms with E-state index >= 15 is 0 Å². The van der Waals surface area contributed by atoms with E-state index in [1.807, 2.05) is 36.5 Å². The van der Waals surface area contributed by atoms with Gasteiger partial charge in [0.1, 0.15) is 11.6 Å². The second kappa shape index (κ2) is 6.60. The average molecular weight is 314 g/mol. The van der Waals surface area contributed by atoms with E-state index in [1.165, 1.54) is 5.39 Å². The number of benzene rings is 2. The molecule has 0 radical (unpaired) electrons. The Morgan fingerprint density at radius 1 is 1.09 bits per heavy atom. The number of rotatable bonds is 5. The molecule has 3 nitrogen and oxygen atoms in total. The molecule has 1 amide bonds. The minimum absolute atomic E-state index is 0.267. The molecule has 1 heterocycles. The number of amides is 1. The van der Waals surface area contributed by atoms with Crippen LogP contribution < -0.4 is 5.32 Å². The van der Waals surface area contributed by atoms with Crippen molar-refractivity contribution < 1.29 is 13.6 Å². The van der Waals surface area contributed by atoms with Crippen LogP contribution in [0.4, 0.5) is 8.78 Å². The maximum Gasteiger partial charge on any atom is 0.254 e. The van der Waals surface area contributed by atoms with Gasteiger partial charge in [-0.1, -0.05) is 18.2 Å². The smallest absolute Gasteiger partial charge is 0.254 e. The summed E-state index contributed by atoms with van der Waals surface area (Å²) in [4.78, 5) is 11.9. The highest BCUT2D eigenvalue weighted by molar-refractivity contribution is 5.94. The summed E-state index contributed by atoms with van der Waals surface area (Å²) in [6, 6.07) is 12.9. The molecule has 0 bridgehead atoms. The molecule has 3 rings (SSSR count). The molecule has 2 aromatic carbocycles. The maximum absolute atomic E-state index is 13.5. The normalized spacial score (nSPS) is 10.9. The molecule has 118 valence electrons. The van der Waals surface area contributed by atoms with Gasteiger partial charge in [-0.3, -0.25) is 4.79 Å². The molecule has 23 heavy (non-hydrogen) atoms. The van der Waals surface area contributed by atoms with Crippen LogP contribution in [0.3, 0.4) is 0 Å². The first-order chi connectivity index (χ1) is 11.1. The van der Waals surface area contributed by atoms with Crippen molar-refractivity contribution in [3.8, 4) is 0 Å². The summed E-state index contributed by atoms with van der Waals surface area (Å²) in [7, 11) is 0. The summed E-state index contributed by atoms with van der Waals surface area (Å²) in [6.45, 7) is 1.13. The molecule has 1 aromatic heterocycles. The van der Waals surface area contributed by atoms with Crippen LogP contribution in [0.15, 0.2) is 54.7 Å². The van der Waals surface area contributed by atoms with Gasteiger partial charge in [0.15, 0.2) is 0 Å². The van der Waals surface area contributed by atoms with E-state index in [1.54, 1.807) is 0 Å². The highest BCUT2D eigenvalue weighted by Gasteiger charge is 2.12. The summed E-state index contributed by atoms with van der Waals surface area (Å²) in [5.74, 6) is -1.95. The van der Waals surface area contributed by atoms with Gasteiger partial charge >= 0.3 is 0 Å². The van der Waals surface area contributed by atoms with Gasteiger partial charge in [-0.25, -0.2) is 8.78 Å². The van der Waals surface area contributed by atoms with Crippen LogP contribution in [-0.4, -0.2) is 17.0 Å². The Labute approximate surface area is 132 Å². The van der Waals surface area contributed by atoms with Gasteiger partial charge < -0.3 is 9.88 Å². The lowest BCUT2D eigenvalue weighted by Gasteiger charge is -2.08. The Morgan fingerprint density at radius 3 is 2.78 bits per heavy atom. The van der Waals surface area contributed by atoms with Crippen molar-refractivity contribution in [3.05, 3.63) is 71.9 Å². The van der Waals surface area contributed by atoms with Crippen LogP contribution in [0.25, 0.3) is 10.9 Å². The van der Waals surface area contributed by atoms with Gasteiger partial charge in [0.05, 0.1) is 5.56 Å². The number of halogens is 2. The number of hydrogen-bond donors (Lipinski definition) is 1. The highest BCUT2D eigenvalue weighted by Crippen LogP contribution is 2.15. The quantitative estimate of drug-likeness (QED) is 0.715. The van der Waals surface area contributed by atoms with Crippen molar-refractivity contribution in [1.29, 1.82) is 0 Å². The minimum atomic E-state index is -0.722. The van der Waals surface area contributed by atoms with Crippen molar-refractivity contribution in [2.24, 2.45) is 0 Å². The summed E-state index contributed by atoms with van der Waals surface area (Å²) in [5, 5.41) is 3.78. The molecule has 3 aromatic rings. The Kier molecular flexibility index (Phi) is 4.37. The third kappa shape index (κ3) is 3.39. The third-order valence-corrected chi connectivity index (χ3v) is 3.71. The van der Waals surface area contributed by atoms with Gasteiger partial charge in [-0.2, -0.15) is 0 Å². The zero-order valence-corrected chi connectivity index (χ0v) is 12.4. The fourth-order valence-electron chi connectivity index (χ4n) is 2.55. The largest absolute Gasteiger partial charge is 0.352 e. The van der Waals surface area contributed by atoms with E-state index in [9.17, 15) is 13.6 Å². The molecule has 0 saturated carbocycles. The number of para-hydroxylation sites is 1. The second-order valence-corrected chi connectivity index (χ2v) is 5.30. The van der Waals surface area contributed by atoms with Crippen LogP contribution in [0.5, 0.6) is 0 Å². The van der Waals surface area contributed by atoms with Crippen molar-refractivity contribution in [1.82, 2.24) is 9.88 Å². The van der Waals surface area contributed by atoms with E-state index < -0.39 is 17.5 Å². The number of carbonyl (C=O) groups is 1. The van der Waals surface area contributed by atoms with Crippen molar-refractivity contribution in [3.63, 3.8) is 0 Å². The van der Waals surface area contributed by atoms with Gasteiger partial charge in [-0.15, -0.1) is 0 Å². The number of fused-ring (bicyclic) bond motifs is 1. The number of aryl methyl sites for hydroxylation is 1. The predicted octanol–water partition coefficient (Wildman–Crippen LogP) is 3.74. The number of hydrogen-bond acceptors (Lipinski definition) is 1. The third-order valence-electron chi connectivity index (χ3n) is 3.71. The Morgan fingerprint density at radius 2 is 1.91 bits per heavy atom. The van der Waals surface area contributed by atoms with Crippen molar-refractivity contribution in [2.45, 2.75) is 13.0 Å². The summed E-state index contributed by atoms with van der Waals surface area (Å²) >= 11 is 0. The molecule has 5 heteroatoms. The van der Waals surface area contributed by atoms with Gasteiger partial charge in [0.2, 0.25) is 0 Å². The molecule has 0 aliphatic carbocycles. The maximum atomic E-state index is 13.5. The lowest BCUT2D eigenvalue weighted by atomic mass is 10.2. The first-order valence-corrected chi connectivity index (χ1v) is 7.42. The second-order valence-electron chi connectivity index (χ2n) is 5.30. The Balaban J connectivity index is 1.55. The molecule has 0 saturated heterocycles. The molecule has 0 unspecified atom stereocenters. The van der Waals surface area contributed by atoms with E-state index in [4.69, 9.17) is 0 Å². The zero-order valence-electron chi connectivity index (χ0n) is 12.4. The van der Waals surface area contributed by atoms with Gasteiger partial charge in [0.25, 0.3) is 5.91 Å². The number of nitrogens with zero attached hydrogens (tertiary/aromatic N) is 1. The predicted molar refractivity (Wildman–Crippen MR) is 85.2 cm³/mol. The topological polar surface area (TPSA) is 34.0 Å². The highest BCUT2D eigenvalue weighted by atomic mass is 19.1. The number of nitrogens with one attached hydrogen (secondary N) is 1. The van der Waals surface area contributed by atoms with Crippen LogP contribution in [0, 0.1) is 11.6 Å². The first kappa shape index (κ1) is 15.2. The molecule has 0 fully saturated rings. The molecule has 1 N–H and O–H groups in total. The van der Waals surface area contributed by atoms with E-state index in [0.717, 1.165) is 30.3 Å². The van der Waals surface area contributed by atoms with Gasteiger partial charge in [0, 0.05) is 24.8 Å². The first-order valence-electron chi connectivity index (χ1n) is 7.42. The molecular weight excluding hydrogens is 298 g/mol. The SMILES string of the molecule is O=C(NCCCn1ccc2ccccc21)c1cc(F)ccc1F. The molecule has 0 aliphatic heterocycles. The lowest BCUT2D eigenvalue weighted by molar-refractivity contribution is 0.0948. The van der Waals surface area contributed by atoms with Crippen LogP contribution in [0.2, 0.25) is 0 Å². The van der Waals surface area contributed by atoms with Crippen molar-refractivity contribution >= 4 is 16.8 Å². The van der Waals surface area contributed by atoms with E-state index in [0.29, 0.717) is 13.0 Å². The van der Waals surface area contributed by atoms with Gasteiger partial charge in [-0.05, 0) is 42.1 Å². The Hall–Kier alpha value is -2.69. The Bertz CT molecular complexity index is 842. The number of carbonyl (C=O) groups excluding carboxylic acids is 1. The van der Waals surface area contributed by atoms with Crippen LogP contribution in [0.1, 0.15) is 16.8 Å². The number of aromatic nitrogens is 1. The minimum Gasteiger partial charge on any atom is -0.352 e. The van der Waals surface area contributed by atoms with E-state index in [2.05, 4.69) is 9.88 Å². The summed E-state index contributed by atoms with van der Waals surface area (Å²) in [6.07, 6.45) is 2.69. The standard InChI is InChI=1S/C18H16F2N2O/c19-14-6-7-16(20)15(12-14)18(23)21-9-3-10-22-11-8-13-4-1-2-5-17(13)22/h1-2,4-8,11-12H,3,9-10H2,(H,21,23). The van der Waals surface area contributed by atoms with E-state index in [-0.39, 0.29) is 5.56 Å². The molecule has 0 aliphatic rings. The lowest BCUT2D eigenvalue weighted by Crippen LogP contribution is -2.26. The fraction of sp³-hybridized carbons (Fsp3) is 0.167. The zero-order chi connectivity index (χ0) is 16.2. The van der Waals surface area contributed by atoms with Crippen LogP contribution in [-0.2, 0) is 6.54 Å². The fourth-order valence-corrected chi connectivity index (χ4v) is 2.55.